The third-order valence-electron chi connectivity index (χ3n) is 10.3. The van der Waals surface area contributed by atoms with Gasteiger partial charge in [0.05, 0.1) is 13.2 Å². The summed E-state index contributed by atoms with van der Waals surface area (Å²) in [6.07, 6.45) is 49.5. The molecule has 0 rings (SSSR count). The summed E-state index contributed by atoms with van der Waals surface area (Å²) in [5.41, 5.74) is 0. The lowest BCUT2D eigenvalue weighted by Crippen LogP contribution is -2.07. The van der Waals surface area contributed by atoms with Crippen LogP contribution in [-0.4, -0.2) is 25.2 Å². The van der Waals surface area contributed by atoms with Gasteiger partial charge in [0.1, 0.15) is 0 Å². The van der Waals surface area contributed by atoms with Crippen molar-refractivity contribution in [2.24, 2.45) is 0 Å². The number of carbonyl (C=O) groups excluding carboxylic acids is 2. The molecule has 0 heterocycles. The maximum absolute atomic E-state index is 12.0. The van der Waals surface area contributed by atoms with Gasteiger partial charge in [0.25, 0.3) is 0 Å². The molecule has 4 heteroatoms. The van der Waals surface area contributed by atoms with Crippen LogP contribution in [0.2, 0.25) is 0 Å². The zero-order valence-corrected chi connectivity index (χ0v) is 33.6. The molecule has 49 heavy (non-hydrogen) atoms. The number of carbonyl (C=O) groups is 2. The third-order valence-corrected chi connectivity index (χ3v) is 10.3. The van der Waals surface area contributed by atoms with Crippen LogP contribution in [-0.2, 0) is 19.1 Å². The zero-order valence-electron chi connectivity index (χ0n) is 33.6. The van der Waals surface area contributed by atoms with Crippen LogP contribution in [0.25, 0.3) is 0 Å². The molecular weight excluding hydrogens is 604 g/mol. The lowest BCUT2D eigenvalue weighted by molar-refractivity contribution is -0.144. The predicted octanol–water partition coefficient (Wildman–Crippen LogP) is 15.3. The minimum absolute atomic E-state index is 0.0853. The molecule has 0 radical (unpaired) electrons. The van der Waals surface area contributed by atoms with Crippen LogP contribution in [0.15, 0.2) is 0 Å². The Morgan fingerprint density at radius 1 is 0.265 bits per heavy atom. The van der Waals surface area contributed by atoms with E-state index in [9.17, 15) is 9.59 Å². The van der Waals surface area contributed by atoms with E-state index in [4.69, 9.17) is 9.47 Å². The number of rotatable bonds is 42. The topological polar surface area (TPSA) is 52.6 Å². The van der Waals surface area contributed by atoms with E-state index >= 15 is 0 Å². The van der Waals surface area contributed by atoms with E-state index in [1.54, 1.807) is 0 Å². The number of ether oxygens (including phenoxy) is 2. The molecule has 0 fully saturated rings. The molecule has 0 aromatic heterocycles. The van der Waals surface area contributed by atoms with Gasteiger partial charge in [-0.15, -0.1) is 0 Å². The summed E-state index contributed by atoms with van der Waals surface area (Å²) < 4.78 is 10.8. The van der Waals surface area contributed by atoms with E-state index in [2.05, 4.69) is 13.8 Å². The Bertz CT molecular complexity index is 594. The smallest absolute Gasteiger partial charge is 0.305 e. The number of hydrogen-bond acceptors (Lipinski definition) is 4. The Balaban J connectivity index is 3.24. The van der Waals surface area contributed by atoms with Crippen molar-refractivity contribution in [2.45, 2.75) is 264 Å². The maximum atomic E-state index is 12.0. The predicted molar refractivity (Wildman–Crippen MR) is 213 cm³/mol. The molecule has 0 saturated carbocycles. The summed E-state index contributed by atoms with van der Waals surface area (Å²) in [6, 6.07) is 0. The fraction of sp³-hybridized carbons (Fsp3) is 0.956. The SMILES string of the molecule is CCCCCCCCCCCCCCCCCCCOC(=O)CCCCCC(=O)OCCCCCCCCCCCCCCCCCCC. The normalized spacial score (nSPS) is 11.3. The van der Waals surface area contributed by atoms with Crippen LogP contribution in [0, 0.1) is 0 Å². The Kier molecular flexibility index (Phi) is 42.2. The second-order valence-electron chi connectivity index (χ2n) is 15.3. The van der Waals surface area contributed by atoms with Gasteiger partial charge in [-0.2, -0.15) is 0 Å². The minimum atomic E-state index is -0.0853. The van der Waals surface area contributed by atoms with Crippen molar-refractivity contribution in [1.29, 1.82) is 0 Å². The molecular formula is C45H88O4. The molecule has 0 amide bonds. The number of hydrogen-bond donors (Lipinski definition) is 0. The molecule has 4 nitrogen and oxygen atoms in total. The third kappa shape index (κ3) is 43.0. The van der Waals surface area contributed by atoms with Gasteiger partial charge in [-0.25, -0.2) is 0 Å². The van der Waals surface area contributed by atoms with Crippen molar-refractivity contribution in [3.05, 3.63) is 0 Å². The number of esters is 2. The maximum Gasteiger partial charge on any atom is 0.305 e. The van der Waals surface area contributed by atoms with Crippen LogP contribution in [0.5, 0.6) is 0 Å². The van der Waals surface area contributed by atoms with Crippen LogP contribution in [0.3, 0.4) is 0 Å². The summed E-state index contributed by atoms with van der Waals surface area (Å²) in [4.78, 5) is 24.0. The van der Waals surface area contributed by atoms with Crippen molar-refractivity contribution in [2.75, 3.05) is 13.2 Å². The summed E-state index contributed by atoms with van der Waals surface area (Å²) >= 11 is 0. The molecule has 0 N–H and O–H groups in total. The summed E-state index contributed by atoms with van der Waals surface area (Å²) in [5.74, 6) is -0.171. The number of unbranched alkanes of at least 4 members (excludes halogenated alkanes) is 34. The molecule has 0 atom stereocenters. The van der Waals surface area contributed by atoms with Crippen LogP contribution >= 0.6 is 0 Å². The van der Waals surface area contributed by atoms with Gasteiger partial charge < -0.3 is 9.47 Å². The summed E-state index contributed by atoms with van der Waals surface area (Å²) in [5, 5.41) is 0. The highest BCUT2D eigenvalue weighted by Gasteiger charge is 2.06. The summed E-state index contributed by atoms with van der Waals surface area (Å²) in [7, 11) is 0. The molecule has 0 spiro atoms. The van der Waals surface area contributed by atoms with E-state index in [-0.39, 0.29) is 11.9 Å². The van der Waals surface area contributed by atoms with Crippen LogP contribution in [0.4, 0.5) is 0 Å². The fourth-order valence-electron chi connectivity index (χ4n) is 6.89. The molecule has 0 aliphatic rings. The van der Waals surface area contributed by atoms with Crippen molar-refractivity contribution >= 4 is 11.9 Å². The molecule has 0 aromatic rings. The quantitative estimate of drug-likeness (QED) is 0.0472. The van der Waals surface area contributed by atoms with Crippen LogP contribution < -0.4 is 0 Å². The molecule has 0 aliphatic carbocycles. The van der Waals surface area contributed by atoms with Gasteiger partial charge in [0, 0.05) is 12.8 Å². The van der Waals surface area contributed by atoms with Gasteiger partial charge in [0.15, 0.2) is 0 Å². The molecule has 0 bridgehead atoms. The first-order valence-electron chi connectivity index (χ1n) is 22.5. The van der Waals surface area contributed by atoms with E-state index in [0.717, 1.165) is 44.9 Å². The highest BCUT2D eigenvalue weighted by molar-refractivity contribution is 5.69. The van der Waals surface area contributed by atoms with E-state index < -0.39 is 0 Å². The molecule has 292 valence electrons. The summed E-state index contributed by atoms with van der Waals surface area (Å²) in [6.45, 7) is 5.69. The van der Waals surface area contributed by atoms with Gasteiger partial charge >= 0.3 is 11.9 Å². The first kappa shape index (κ1) is 47.9. The Morgan fingerprint density at radius 3 is 0.673 bits per heavy atom. The average Bonchev–Trinajstić information content (AvgIpc) is 3.10. The van der Waals surface area contributed by atoms with Crippen molar-refractivity contribution in [3.8, 4) is 0 Å². The monoisotopic (exact) mass is 693 g/mol. The molecule has 0 aromatic carbocycles. The van der Waals surface area contributed by atoms with Gasteiger partial charge in [-0.3, -0.25) is 9.59 Å². The Morgan fingerprint density at radius 2 is 0.449 bits per heavy atom. The van der Waals surface area contributed by atoms with Crippen molar-refractivity contribution < 1.29 is 19.1 Å². The largest absolute Gasteiger partial charge is 0.466 e. The van der Waals surface area contributed by atoms with Crippen molar-refractivity contribution in [1.82, 2.24) is 0 Å². The second-order valence-corrected chi connectivity index (χ2v) is 15.3. The van der Waals surface area contributed by atoms with Gasteiger partial charge in [-0.05, 0) is 25.7 Å². The lowest BCUT2D eigenvalue weighted by atomic mass is 10.0. The van der Waals surface area contributed by atoms with E-state index in [1.807, 2.05) is 0 Å². The Hall–Kier alpha value is -1.06. The van der Waals surface area contributed by atoms with Gasteiger partial charge in [-0.1, -0.05) is 226 Å². The Labute approximate surface area is 307 Å². The fourth-order valence-corrected chi connectivity index (χ4v) is 6.89. The van der Waals surface area contributed by atoms with Crippen molar-refractivity contribution in [3.63, 3.8) is 0 Å². The molecule has 0 aliphatic heterocycles. The standard InChI is InChI=1S/C45H88O4/c1-3-5-7-9-11-13-15-17-19-21-23-25-27-29-31-33-38-42-48-44(46)40-36-35-37-41-45(47)49-43-39-34-32-30-28-26-24-22-20-18-16-14-12-10-8-6-4-2/h3-43H2,1-2H3. The minimum Gasteiger partial charge on any atom is -0.466 e. The second kappa shape index (κ2) is 43.1. The lowest BCUT2D eigenvalue weighted by Gasteiger charge is -2.06. The first-order valence-corrected chi connectivity index (χ1v) is 22.5. The first-order chi connectivity index (χ1) is 24.2. The average molecular weight is 693 g/mol. The molecule has 0 unspecified atom stereocenters. The zero-order chi connectivity index (χ0) is 35.6. The van der Waals surface area contributed by atoms with Gasteiger partial charge in [0.2, 0.25) is 0 Å². The van der Waals surface area contributed by atoms with E-state index in [0.29, 0.717) is 26.1 Å². The van der Waals surface area contributed by atoms with E-state index in [1.165, 1.54) is 193 Å². The van der Waals surface area contributed by atoms with Crippen LogP contribution in [0.1, 0.15) is 264 Å². The highest BCUT2D eigenvalue weighted by atomic mass is 16.5. The molecule has 0 saturated heterocycles. The highest BCUT2D eigenvalue weighted by Crippen LogP contribution is 2.16.